The number of nitrogens with zero attached hydrogens (tertiary/aromatic N) is 5. The van der Waals surface area contributed by atoms with Gasteiger partial charge in [-0.3, -0.25) is 9.88 Å². The van der Waals surface area contributed by atoms with Crippen LogP contribution in [-0.2, 0) is 0 Å². The van der Waals surface area contributed by atoms with Crippen LogP contribution >= 0.6 is 0 Å². The van der Waals surface area contributed by atoms with E-state index in [1.54, 1.807) is 12.3 Å². The highest BCUT2D eigenvalue weighted by Gasteiger charge is 2.45. The van der Waals surface area contributed by atoms with Crippen LogP contribution in [0, 0.1) is 5.82 Å². The minimum absolute atomic E-state index is 0.0507. The number of benzene rings is 2. The minimum Gasteiger partial charge on any atom is -0.461 e. The van der Waals surface area contributed by atoms with Gasteiger partial charge in [0.25, 0.3) is 0 Å². The van der Waals surface area contributed by atoms with Crippen molar-refractivity contribution in [3.63, 3.8) is 0 Å². The molecule has 2 bridgehead atoms. The van der Waals surface area contributed by atoms with Gasteiger partial charge in [0.05, 0.1) is 10.9 Å². The van der Waals surface area contributed by atoms with Crippen molar-refractivity contribution in [1.82, 2.24) is 25.2 Å². The van der Waals surface area contributed by atoms with Gasteiger partial charge in [-0.05, 0) is 74.5 Å². The Morgan fingerprint density at radius 3 is 2.60 bits per heavy atom. The van der Waals surface area contributed by atoms with Crippen molar-refractivity contribution >= 4 is 33.2 Å². The molecule has 2 atom stereocenters. The van der Waals surface area contributed by atoms with E-state index >= 15 is 4.39 Å². The minimum atomic E-state index is -0.471. The summed E-state index contributed by atoms with van der Waals surface area (Å²) >= 11 is 0. The molecule has 4 aliphatic heterocycles. The Bertz CT molecular complexity index is 1600. The van der Waals surface area contributed by atoms with Gasteiger partial charge >= 0.3 is 6.01 Å². The highest BCUT2D eigenvalue weighted by molar-refractivity contribution is 6.00. The van der Waals surface area contributed by atoms with Crippen LogP contribution in [0.25, 0.3) is 32.9 Å². The first kappa shape index (κ1) is 24.3. The molecular weight excluding hydrogens is 505 g/mol. The average molecular weight is 540 g/mol. The maximum Gasteiger partial charge on any atom is 0.319 e. The van der Waals surface area contributed by atoms with Crippen LogP contribution in [0.2, 0.25) is 0 Å². The Morgan fingerprint density at radius 1 is 1.02 bits per heavy atom. The Balaban J connectivity index is 1.25. The van der Waals surface area contributed by atoms with E-state index in [9.17, 15) is 0 Å². The van der Waals surface area contributed by atoms with Crippen LogP contribution in [-0.4, -0.2) is 70.3 Å². The summed E-state index contributed by atoms with van der Waals surface area (Å²) in [6.07, 6.45) is 8.64. The van der Waals surface area contributed by atoms with Crippen LogP contribution in [0.4, 0.5) is 15.9 Å². The van der Waals surface area contributed by atoms with Crippen molar-refractivity contribution in [3.05, 3.63) is 48.4 Å². The first-order valence-corrected chi connectivity index (χ1v) is 14.6. The van der Waals surface area contributed by atoms with Crippen LogP contribution < -0.4 is 20.7 Å². The fourth-order valence-corrected chi connectivity index (χ4v) is 7.67. The number of nitrogens with two attached hydrogens (primary N) is 1. The van der Waals surface area contributed by atoms with Gasteiger partial charge in [0, 0.05) is 42.6 Å². The molecule has 2 aromatic carbocycles. The number of pyridine rings is 1. The van der Waals surface area contributed by atoms with Crippen molar-refractivity contribution < 1.29 is 9.13 Å². The molecule has 0 radical (unpaired) electrons. The second-order valence-electron chi connectivity index (χ2n) is 12.1. The van der Waals surface area contributed by atoms with E-state index in [4.69, 9.17) is 20.4 Å². The number of aromatic nitrogens is 3. The molecule has 206 valence electrons. The Hall–Kier alpha value is -3.56. The predicted octanol–water partition coefficient (Wildman–Crippen LogP) is 4.51. The molecule has 8 nitrogen and oxygen atoms in total. The molecule has 3 N–H and O–H groups in total. The van der Waals surface area contributed by atoms with Gasteiger partial charge in [0.2, 0.25) is 0 Å². The zero-order chi connectivity index (χ0) is 26.8. The zero-order valence-corrected chi connectivity index (χ0v) is 22.6. The quantitative estimate of drug-likeness (QED) is 0.358. The third-order valence-electron chi connectivity index (χ3n) is 9.58. The molecule has 8 rings (SSSR count). The van der Waals surface area contributed by atoms with Gasteiger partial charge in [0.15, 0.2) is 5.82 Å². The molecule has 0 unspecified atom stereocenters. The Labute approximate surface area is 232 Å². The van der Waals surface area contributed by atoms with E-state index in [-0.39, 0.29) is 22.8 Å². The molecule has 4 fully saturated rings. The predicted molar refractivity (Wildman–Crippen MR) is 155 cm³/mol. The van der Waals surface area contributed by atoms with Crippen molar-refractivity contribution in [2.75, 3.05) is 43.4 Å². The van der Waals surface area contributed by atoms with E-state index in [1.807, 2.05) is 30.3 Å². The number of hydrogen-bond donors (Lipinski definition) is 2. The number of nitrogens with one attached hydrogen (secondary N) is 1. The highest BCUT2D eigenvalue weighted by Crippen LogP contribution is 2.40. The second-order valence-corrected chi connectivity index (χ2v) is 12.1. The molecule has 0 amide bonds. The van der Waals surface area contributed by atoms with Crippen molar-refractivity contribution in [1.29, 1.82) is 0 Å². The molecule has 9 heteroatoms. The molecule has 4 aliphatic rings. The van der Waals surface area contributed by atoms with Gasteiger partial charge in [-0.15, -0.1) is 0 Å². The van der Waals surface area contributed by atoms with Gasteiger partial charge in [-0.25, -0.2) is 4.39 Å². The molecule has 4 saturated heterocycles. The Kier molecular flexibility index (Phi) is 5.60. The fourth-order valence-electron chi connectivity index (χ4n) is 7.67. The van der Waals surface area contributed by atoms with Crippen molar-refractivity contribution in [2.45, 2.75) is 56.1 Å². The standard InChI is InChI=1S/C31H34FN7O/c32-26-27(24-14-20(33)13-19-5-1-2-6-23(19)24)34-15-25-28(26)36-30(40-18-31-9-3-11-39(31)12-4-10-31)37-29(25)38-16-21-7-8-22(17-38)35-21/h1-2,5-6,13-15,21-22,35H,3-4,7-12,16-18,33H2/t21-,22+. The molecule has 4 aromatic rings. The second kappa shape index (κ2) is 9.24. The zero-order valence-electron chi connectivity index (χ0n) is 22.6. The lowest BCUT2D eigenvalue weighted by Gasteiger charge is -2.34. The van der Waals surface area contributed by atoms with E-state index < -0.39 is 5.82 Å². The lowest BCUT2D eigenvalue weighted by molar-refractivity contribution is 0.108. The van der Waals surface area contributed by atoms with Crippen LogP contribution in [0.3, 0.4) is 0 Å². The van der Waals surface area contributed by atoms with Gasteiger partial charge in [0.1, 0.15) is 23.6 Å². The van der Waals surface area contributed by atoms with Crippen LogP contribution in [0.1, 0.15) is 38.5 Å². The van der Waals surface area contributed by atoms with E-state index in [1.165, 1.54) is 12.8 Å². The number of hydrogen-bond acceptors (Lipinski definition) is 8. The monoisotopic (exact) mass is 539 g/mol. The normalized spacial score (nSPS) is 23.8. The number of halogens is 1. The SMILES string of the molecule is Nc1cc(-c2ncc3c(N4C[C@H]5CC[C@@H](C4)N5)nc(OCC45CCCN4CCC5)nc3c2F)c2ccccc2c1. The van der Waals surface area contributed by atoms with Crippen LogP contribution in [0.15, 0.2) is 42.6 Å². The average Bonchev–Trinajstić information content (AvgIpc) is 3.65. The number of nitrogen functional groups attached to an aromatic ring is 1. The van der Waals surface area contributed by atoms with Gasteiger partial charge in [-0.1, -0.05) is 24.3 Å². The fraction of sp³-hybridized carbons (Fsp3) is 0.452. The summed E-state index contributed by atoms with van der Waals surface area (Å²) < 4.78 is 23.0. The van der Waals surface area contributed by atoms with Crippen molar-refractivity contribution in [3.8, 4) is 17.3 Å². The molecule has 40 heavy (non-hydrogen) atoms. The number of fused-ring (bicyclic) bond motifs is 5. The first-order valence-electron chi connectivity index (χ1n) is 14.6. The van der Waals surface area contributed by atoms with E-state index in [0.717, 1.165) is 62.6 Å². The van der Waals surface area contributed by atoms with Crippen LogP contribution in [0.5, 0.6) is 6.01 Å². The van der Waals surface area contributed by atoms with E-state index in [2.05, 4.69) is 20.1 Å². The number of anilines is 2. The molecule has 6 heterocycles. The number of ether oxygens (including phenoxy) is 1. The molecular formula is C31H34FN7O. The lowest BCUT2D eigenvalue weighted by Crippen LogP contribution is -2.51. The third kappa shape index (κ3) is 3.89. The summed E-state index contributed by atoms with van der Waals surface area (Å²) in [6.45, 7) is 4.42. The Morgan fingerprint density at radius 2 is 1.80 bits per heavy atom. The summed E-state index contributed by atoms with van der Waals surface area (Å²) in [5.41, 5.74) is 7.99. The largest absolute Gasteiger partial charge is 0.461 e. The summed E-state index contributed by atoms with van der Waals surface area (Å²) in [5, 5.41) is 6.14. The topological polar surface area (TPSA) is 92.4 Å². The lowest BCUT2D eigenvalue weighted by atomic mass is 9.95. The number of rotatable bonds is 5. The van der Waals surface area contributed by atoms with Gasteiger partial charge < -0.3 is 20.7 Å². The smallest absolute Gasteiger partial charge is 0.319 e. The first-order chi connectivity index (χ1) is 19.6. The molecule has 0 saturated carbocycles. The van der Waals surface area contributed by atoms with Crippen molar-refractivity contribution in [2.24, 2.45) is 0 Å². The maximum atomic E-state index is 16.6. The molecule has 0 spiro atoms. The third-order valence-corrected chi connectivity index (χ3v) is 9.58. The highest BCUT2D eigenvalue weighted by atomic mass is 19.1. The van der Waals surface area contributed by atoms with E-state index in [0.29, 0.717) is 41.1 Å². The maximum absolute atomic E-state index is 16.6. The number of piperazine rings is 1. The molecule has 2 aromatic heterocycles. The summed E-state index contributed by atoms with van der Waals surface area (Å²) in [5.74, 6) is 0.238. The van der Waals surface area contributed by atoms with Gasteiger partial charge in [-0.2, -0.15) is 9.97 Å². The summed E-state index contributed by atoms with van der Waals surface area (Å²) in [7, 11) is 0. The summed E-state index contributed by atoms with van der Waals surface area (Å²) in [4.78, 5) is 19.1. The molecule has 0 aliphatic carbocycles. The summed E-state index contributed by atoms with van der Waals surface area (Å²) in [6, 6.07) is 12.6.